The molecule has 2 amide bonds. The van der Waals surface area contributed by atoms with Crippen LogP contribution in [-0.4, -0.2) is 60.9 Å². The normalized spacial score (nSPS) is 22.7. The summed E-state index contributed by atoms with van der Waals surface area (Å²) in [6.07, 6.45) is 4.46. The standard InChI is InChI=1S/C18H35N3O2/c1-6-10-19-17(22)12-20(5)18(23)13-21-11-9-15(4)7-8-16(21)14(2)3/h14-16H,6-13H2,1-5H3,(H,19,22). The molecule has 0 aromatic carbocycles. The lowest BCUT2D eigenvalue weighted by Crippen LogP contribution is -2.47. The van der Waals surface area contributed by atoms with Gasteiger partial charge in [-0.05, 0) is 44.1 Å². The molecule has 23 heavy (non-hydrogen) atoms. The Hall–Kier alpha value is -1.10. The monoisotopic (exact) mass is 325 g/mol. The van der Waals surface area contributed by atoms with Gasteiger partial charge < -0.3 is 10.2 Å². The number of nitrogens with one attached hydrogen (secondary N) is 1. The third-order valence-corrected chi connectivity index (χ3v) is 4.82. The van der Waals surface area contributed by atoms with Gasteiger partial charge >= 0.3 is 0 Å². The fourth-order valence-corrected chi connectivity index (χ4v) is 3.20. The van der Waals surface area contributed by atoms with E-state index in [-0.39, 0.29) is 18.4 Å². The highest BCUT2D eigenvalue weighted by Crippen LogP contribution is 2.25. The molecule has 0 saturated carbocycles. The Morgan fingerprint density at radius 3 is 2.57 bits per heavy atom. The fraction of sp³-hybridized carbons (Fsp3) is 0.889. The summed E-state index contributed by atoms with van der Waals surface area (Å²) >= 11 is 0. The molecule has 5 nitrogen and oxygen atoms in total. The molecule has 0 aliphatic carbocycles. The van der Waals surface area contributed by atoms with Gasteiger partial charge in [0, 0.05) is 19.6 Å². The van der Waals surface area contributed by atoms with E-state index in [2.05, 4.69) is 31.0 Å². The fourth-order valence-electron chi connectivity index (χ4n) is 3.20. The Balaban J connectivity index is 2.56. The van der Waals surface area contributed by atoms with Crippen LogP contribution in [0, 0.1) is 11.8 Å². The first-order valence-electron chi connectivity index (χ1n) is 9.09. The van der Waals surface area contributed by atoms with Crippen LogP contribution in [0.25, 0.3) is 0 Å². The number of likely N-dealkylation sites (tertiary alicyclic amines) is 1. The maximum absolute atomic E-state index is 12.5. The summed E-state index contributed by atoms with van der Waals surface area (Å²) in [6, 6.07) is 0.464. The molecular formula is C18H35N3O2. The van der Waals surface area contributed by atoms with Crippen molar-refractivity contribution in [2.24, 2.45) is 11.8 Å². The van der Waals surface area contributed by atoms with Crippen LogP contribution >= 0.6 is 0 Å². The number of carbonyl (C=O) groups excluding carboxylic acids is 2. The smallest absolute Gasteiger partial charge is 0.239 e. The molecule has 1 saturated heterocycles. The molecular weight excluding hydrogens is 290 g/mol. The van der Waals surface area contributed by atoms with E-state index in [1.165, 1.54) is 6.42 Å². The number of likely N-dealkylation sites (N-methyl/N-ethyl adjacent to an activating group) is 1. The van der Waals surface area contributed by atoms with Crippen molar-refractivity contribution in [3.63, 3.8) is 0 Å². The van der Waals surface area contributed by atoms with Gasteiger partial charge in [0.15, 0.2) is 0 Å². The van der Waals surface area contributed by atoms with E-state index in [0.717, 1.165) is 31.7 Å². The van der Waals surface area contributed by atoms with Gasteiger partial charge in [0.05, 0.1) is 13.1 Å². The molecule has 2 atom stereocenters. The van der Waals surface area contributed by atoms with Crippen molar-refractivity contribution in [3.8, 4) is 0 Å². The quantitative estimate of drug-likeness (QED) is 0.780. The van der Waals surface area contributed by atoms with E-state index in [1.54, 1.807) is 11.9 Å². The minimum absolute atomic E-state index is 0.0388. The largest absolute Gasteiger partial charge is 0.355 e. The maximum Gasteiger partial charge on any atom is 0.239 e. The second-order valence-electron chi connectivity index (χ2n) is 7.35. The van der Waals surface area contributed by atoms with Crippen LogP contribution < -0.4 is 5.32 Å². The Morgan fingerprint density at radius 1 is 1.26 bits per heavy atom. The molecule has 5 heteroatoms. The lowest BCUT2D eigenvalue weighted by Gasteiger charge is -2.33. The SMILES string of the molecule is CCCNC(=O)CN(C)C(=O)CN1CCC(C)CCC1C(C)C. The van der Waals surface area contributed by atoms with Gasteiger partial charge in [0.1, 0.15) is 0 Å². The molecule has 1 N–H and O–H groups in total. The molecule has 1 fully saturated rings. The predicted octanol–water partition coefficient (Wildman–Crippen LogP) is 2.12. The third-order valence-electron chi connectivity index (χ3n) is 4.82. The summed E-state index contributed by atoms with van der Waals surface area (Å²) in [5.41, 5.74) is 0. The van der Waals surface area contributed by atoms with Gasteiger partial charge in [0.2, 0.25) is 11.8 Å². The van der Waals surface area contributed by atoms with Crippen LogP contribution in [0.4, 0.5) is 0 Å². The highest BCUT2D eigenvalue weighted by atomic mass is 16.2. The van der Waals surface area contributed by atoms with E-state index in [4.69, 9.17) is 0 Å². The van der Waals surface area contributed by atoms with E-state index in [9.17, 15) is 9.59 Å². The number of hydrogen-bond donors (Lipinski definition) is 1. The summed E-state index contributed by atoms with van der Waals surface area (Å²) in [4.78, 5) is 28.1. The van der Waals surface area contributed by atoms with E-state index >= 15 is 0 Å². The number of amides is 2. The van der Waals surface area contributed by atoms with Gasteiger partial charge in [0.25, 0.3) is 0 Å². The molecule has 134 valence electrons. The summed E-state index contributed by atoms with van der Waals surface area (Å²) in [5, 5.41) is 2.82. The van der Waals surface area contributed by atoms with Crippen LogP contribution in [0.5, 0.6) is 0 Å². The van der Waals surface area contributed by atoms with Gasteiger partial charge in [-0.1, -0.05) is 27.7 Å². The van der Waals surface area contributed by atoms with E-state index < -0.39 is 0 Å². The number of carbonyl (C=O) groups is 2. The average Bonchev–Trinajstić information content (AvgIpc) is 2.67. The first kappa shape index (κ1) is 19.9. The van der Waals surface area contributed by atoms with Crippen molar-refractivity contribution >= 4 is 11.8 Å². The maximum atomic E-state index is 12.5. The van der Waals surface area contributed by atoms with Gasteiger partial charge in [-0.25, -0.2) is 0 Å². The zero-order valence-corrected chi connectivity index (χ0v) is 15.6. The average molecular weight is 325 g/mol. The van der Waals surface area contributed by atoms with Crippen molar-refractivity contribution in [1.82, 2.24) is 15.1 Å². The molecule has 1 aliphatic heterocycles. The number of hydrogen-bond acceptors (Lipinski definition) is 3. The molecule has 1 aliphatic rings. The lowest BCUT2D eigenvalue weighted by atomic mass is 9.95. The molecule has 1 rings (SSSR count). The predicted molar refractivity (Wildman–Crippen MR) is 94.2 cm³/mol. The molecule has 0 spiro atoms. The highest BCUT2D eigenvalue weighted by Gasteiger charge is 2.28. The zero-order valence-electron chi connectivity index (χ0n) is 15.6. The van der Waals surface area contributed by atoms with Crippen LogP contribution in [0.15, 0.2) is 0 Å². The Labute approximate surface area is 141 Å². The summed E-state index contributed by atoms with van der Waals surface area (Å²) in [7, 11) is 1.72. The Bertz CT molecular complexity index is 384. The minimum atomic E-state index is -0.0763. The lowest BCUT2D eigenvalue weighted by molar-refractivity contribution is -0.136. The van der Waals surface area contributed by atoms with Crippen LogP contribution in [0.3, 0.4) is 0 Å². The van der Waals surface area contributed by atoms with Gasteiger partial charge in [-0.15, -0.1) is 0 Å². The van der Waals surface area contributed by atoms with Crippen molar-refractivity contribution in [1.29, 1.82) is 0 Å². The molecule has 0 aromatic rings. The molecule has 2 unspecified atom stereocenters. The number of rotatable bonds is 7. The molecule has 0 bridgehead atoms. The highest BCUT2D eigenvalue weighted by molar-refractivity contribution is 5.85. The van der Waals surface area contributed by atoms with Crippen molar-refractivity contribution in [3.05, 3.63) is 0 Å². The summed E-state index contributed by atoms with van der Waals surface area (Å²) < 4.78 is 0. The van der Waals surface area contributed by atoms with Gasteiger partial charge in [-0.2, -0.15) is 0 Å². The van der Waals surface area contributed by atoms with E-state index in [1.807, 2.05) is 6.92 Å². The number of nitrogens with zero attached hydrogens (tertiary/aromatic N) is 2. The second-order valence-corrected chi connectivity index (χ2v) is 7.35. The third kappa shape index (κ3) is 6.90. The van der Waals surface area contributed by atoms with Gasteiger partial charge in [-0.3, -0.25) is 14.5 Å². The van der Waals surface area contributed by atoms with E-state index in [0.29, 0.717) is 25.0 Å². The van der Waals surface area contributed by atoms with Crippen molar-refractivity contribution in [2.45, 2.75) is 59.4 Å². The molecule has 1 heterocycles. The van der Waals surface area contributed by atoms with Crippen LogP contribution in [0.2, 0.25) is 0 Å². The minimum Gasteiger partial charge on any atom is -0.355 e. The topological polar surface area (TPSA) is 52.7 Å². The zero-order chi connectivity index (χ0) is 17.4. The van der Waals surface area contributed by atoms with Crippen molar-refractivity contribution in [2.75, 3.05) is 33.2 Å². The van der Waals surface area contributed by atoms with Crippen LogP contribution in [0.1, 0.15) is 53.4 Å². The second kappa shape index (κ2) is 9.91. The first-order valence-corrected chi connectivity index (χ1v) is 9.09. The first-order chi connectivity index (χ1) is 10.8. The molecule has 0 radical (unpaired) electrons. The Kier molecular flexibility index (Phi) is 8.59. The van der Waals surface area contributed by atoms with Crippen molar-refractivity contribution < 1.29 is 9.59 Å². The van der Waals surface area contributed by atoms with Crippen LogP contribution in [-0.2, 0) is 9.59 Å². The summed E-state index contributed by atoms with van der Waals surface area (Å²) in [6.45, 7) is 11.0. The summed E-state index contributed by atoms with van der Waals surface area (Å²) in [5.74, 6) is 1.24. The molecule has 0 aromatic heterocycles. The Morgan fingerprint density at radius 2 is 1.96 bits per heavy atom.